The van der Waals surface area contributed by atoms with Crippen LogP contribution >= 0.6 is 0 Å². The van der Waals surface area contributed by atoms with Gasteiger partial charge in [-0.2, -0.15) is 0 Å². The zero-order valence-corrected chi connectivity index (χ0v) is 21.3. The molecule has 2 aromatic carbocycles. The summed E-state index contributed by atoms with van der Waals surface area (Å²) in [6.07, 6.45) is 22.5. The lowest BCUT2D eigenvalue weighted by Gasteiger charge is -2.11. The minimum atomic E-state index is 0.107. The Morgan fingerprint density at radius 2 is 1.26 bits per heavy atom. The van der Waals surface area contributed by atoms with Crippen LogP contribution in [0.2, 0.25) is 0 Å². The molecule has 0 radical (unpaired) electrons. The van der Waals surface area contributed by atoms with E-state index in [9.17, 15) is 4.79 Å². The summed E-state index contributed by atoms with van der Waals surface area (Å²) in [5, 5.41) is 6.38. The minimum absolute atomic E-state index is 0.107. The summed E-state index contributed by atoms with van der Waals surface area (Å²) in [5.74, 6) is 0.107. The normalized spacial score (nSPS) is 11.3. The molecule has 0 saturated heterocycles. The van der Waals surface area contributed by atoms with Gasteiger partial charge in [0.05, 0.1) is 11.2 Å². The van der Waals surface area contributed by atoms with Crippen molar-refractivity contribution in [3.63, 3.8) is 0 Å². The van der Waals surface area contributed by atoms with E-state index in [0.29, 0.717) is 6.42 Å². The van der Waals surface area contributed by atoms with Gasteiger partial charge in [0.1, 0.15) is 0 Å². The molecule has 0 unspecified atom stereocenters. The second-order valence-corrected chi connectivity index (χ2v) is 9.79. The van der Waals surface area contributed by atoms with Crippen molar-refractivity contribution in [2.24, 2.45) is 0 Å². The van der Waals surface area contributed by atoms with Crippen LogP contribution in [0, 0.1) is 0 Å². The van der Waals surface area contributed by atoms with Crippen molar-refractivity contribution in [3.8, 4) is 0 Å². The molecule has 0 aliphatic rings. The molecule has 1 N–H and O–H groups in total. The molecule has 3 nitrogen and oxygen atoms in total. The predicted octanol–water partition coefficient (Wildman–Crippen LogP) is 9.59. The van der Waals surface area contributed by atoms with E-state index < -0.39 is 0 Å². The molecule has 184 valence electrons. The van der Waals surface area contributed by atoms with Gasteiger partial charge >= 0.3 is 0 Å². The lowest BCUT2D eigenvalue weighted by atomic mass is 10.0. The van der Waals surface area contributed by atoms with Gasteiger partial charge in [-0.15, -0.1) is 0 Å². The van der Waals surface area contributed by atoms with E-state index >= 15 is 0 Å². The summed E-state index contributed by atoms with van der Waals surface area (Å²) in [7, 11) is 0. The number of anilines is 1. The highest BCUT2D eigenvalue weighted by molar-refractivity contribution is 6.13. The number of fused-ring (bicyclic) bond motifs is 3. The first-order valence-electron chi connectivity index (χ1n) is 13.9. The van der Waals surface area contributed by atoms with Crippen LogP contribution in [-0.2, 0) is 4.79 Å². The summed E-state index contributed by atoms with van der Waals surface area (Å²) in [6.45, 7) is 2.28. The molecule has 1 aromatic heterocycles. The first-order valence-corrected chi connectivity index (χ1v) is 13.9. The Kier molecular flexibility index (Phi) is 11.9. The number of nitrogens with one attached hydrogen (secondary N) is 1. The van der Waals surface area contributed by atoms with Gasteiger partial charge in [-0.25, -0.2) is 0 Å². The topological polar surface area (TPSA) is 42.0 Å². The van der Waals surface area contributed by atoms with Gasteiger partial charge in [0.25, 0.3) is 0 Å². The molecule has 0 saturated carbocycles. The zero-order chi connectivity index (χ0) is 23.8. The predicted molar refractivity (Wildman–Crippen MR) is 147 cm³/mol. The van der Waals surface area contributed by atoms with Crippen molar-refractivity contribution in [3.05, 3.63) is 48.7 Å². The molecule has 0 atom stereocenters. The molecule has 1 amide bonds. The van der Waals surface area contributed by atoms with E-state index in [4.69, 9.17) is 0 Å². The molecule has 3 heteroatoms. The zero-order valence-electron chi connectivity index (χ0n) is 21.3. The lowest BCUT2D eigenvalue weighted by molar-refractivity contribution is -0.116. The second-order valence-electron chi connectivity index (χ2n) is 9.79. The van der Waals surface area contributed by atoms with E-state index in [1.807, 2.05) is 30.5 Å². The van der Waals surface area contributed by atoms with Gasteiger partial charge in [0, 0.05) is 23.4 Å². The van der Waals surface area contributed by atoms with Crippen molar-refractivity contribution in [1.82, 2.24) is 4.98 Å². The fourth-order valence-corrected chi connectivity index (χ4v) is 4.88. The van der Waals surface area contributed by atoms with Crippen LogP contribution in [0.15, 0.2) is 48.7 Å². The number of hydrogen-bond acceptors (Lipinski definition) is 2. The summed E-state index contributed by atoms with van der Waals surface area (Å²) < 4.78 is 0. The number of unbranched alkanes of at least 4 members (excludes halogenated alkanes) is 14. The van der Waals surface area contributed by atoms with Crippen molar-refractivity contribution in [1.29, 1.82) is 0 Å². The van der Waals surface area contributed by atoms with Crippen LogP contribution in [0.4, 0.5) is 5.69 Å². The van der Waals surface area contributed by atoms with Crippen molar-refractivity contribution in [2.45, 2.75) is 110 Å². The van der Waals surface area contributed by atoms with Crippen LogP contribution in [0.3, 0.4) is 0 Å². The number of rotatable bonds is 17. The Labute approximate surface area is 206 Å². The fourth-order valence-electron chi connectivity index (χ4n) is 4.88. The minimum Gasteiger partial charge on any atom is -0.325 e. The van der Waals surface area contributed by atoms with E-state index in [0.717, 1.165) is 40.2 Å². The third-order valence-electron chi connectivity index (χ3n) is 6.90. The number of nitrogens with zero attached hydrogens (tertiary/aromatic N) is 1. The molecule has 0 bridgehead atoms. The number of carbonyl (C=O) groups is 1. The maximum absolute atomic E-state index is 12.6. The Morgan fingerprint density at radius 1 is 0.706 bits per heavy atom. The van der Waals surface area contributed by atoms with E-state index in [-0.39, 0.29) is 5.91 Å². The van der Waals surface area contributed by atoms with Crippen LogP contribution in [-0.4, -0.2) is 10.9 Å². The highest BCUT2D eigenvalue weighted by Gasteiger charge is 2.10. The van der Waals surface area contributed by atoms with Crippen molar-refractivity contribution < 1.29 is 4.79 Å². The Hall–Kier alpha value is -2.42. The number of aromatic nitrogens is 1. The van der Waals surface area contributed by atoms with Crippen LogP contribution in [0.1, 0.15) is 110 Å². The highest BCUT2D eigenvalue weighted by Crippen LogP contribution is 2.30. The SMILES string of the molecule is CCCCCCCCCCCCCCCCCC(=O)Nc1cc2ccccc2c2ncccc12. The average molecular weight is 461 g/mol. The molecule has 3 aromatic rings. The maximum atomic E-state index is 12.6. The van der Waals surface area contributed by atoms with Crippen LogP contribution < -0.4 is 5.32 Å². The van der Waals surface area contributed by atoms with Crippen molar-refractivity contribution in [2.75, 3.05) is 5.32 Å². The average Bonchev–Trinajstić information content (AvgIpc) is 2.86. The first kappa shape index (κ1) is 26.2. The Balaban J connectivity index is 1.26. The second kappa shape index (κ2) is 15.5. The van der Waals surface area contributed by atoms with Gasteiger partial charge in [-0.3, -0.25) is 9.78 Å². The van der Waals surface area contributed by atoms with Crippen LogP contribution in [0.25, 0.3) is 21.7 Å². The Morgan fingerprint density at radius 3 is 1.91 bits per heavy atom. The molecule has 3 rings (SSSR count). The number of hydrogen-bond donors (Lipinski definition) is 1. The van der Waals surface area contributed by atoms with Gasteiger partial charge in [0.15, 0.2) is 0 Å². The number of amides is 1. The third-order valence-corrected chi connectivity index (χ3v) is 6.90. The van der Waals surface area contributed by atoms with Crippen LogP contribution in [0.5, 0.6) is 0 Å². The third kappa shape index (κ3) is 8.74. The highest BCUT2D eigenvalue weighted by atomic mass is 16.1. The van der Waals surface area contributed by atoms with Crippen molar-refractivity contribution >= 4 is 33.3 Å². The van der Waals surface area contributed by atoms with E-state index in [2.05, 4.69) is 35.4 Å². The molecular formula is C31H44N2O. The monoisotopic (exact) mass is 460 g/mol. The fraction of sp³-hybridized carbons (Fsp3) is 0.548. The molecular weight excluding hydrogens is 416 g/mol. The van der Waals surface area contributed by atoms with Gasteiger partial charge in [-0.05, 0) is 30.0 Å². The maximum Gasteiger partial charge on any atom is 0.224 e. The van der Waals surface area contributed by atoms with Gasteiger partial charge in [0.2, 0.25) is 5.91 Å². The van der Waals surface area contributed by atoms with E-state index in [1.54, 1.807) is 0 Å². The number of pyridine rings is 1. The van der Waals surface area contributed by atoms with Gasteiger partial charge in [-0.1, -0.05) is 121 Å². The molecule has 0 aliphatic carbocycles. The molecule has 0 fully saturated rings. The van der Waals surface area contributed by atoms with Gasteiger partial charge < -0.3 is 5.32 Å². The number of carbonyl (C=O) groups excluding carboxylic acids is 1. The quantitative estimate of drug-likeness (QED) is 0.161. The smallest absolute Gasteiger partial charge is 0.224 e. The standard InChI is InChI=1S/C31H44N2O/c1-2-3-4-5-6-7-8-9-10-11-12-13-14-15-16-23-30(34)33-29-25-26-20-17-18-21-27(26)31-28(29)22-19-24-32-31/h17-22,24-25H,2-16,23H2,1H3,(H,33,34). The largest absolute Gasteiger partial charge is 0.325 e. The molecule has 0 aliphatic heterocycles. The lowest BCUT2D eigenvalue weighted by Crippen LogP contribution is -2.11. The summed E-state index contributed by atoms with van der Waals surface area (Å²) >= 11 is 0. The Bertz CT molecular complexity index is 997. The number of benzene rings is 2. The van der Waals surface area contributed by atoms with E-state index in [1.165, 1.54) is 83.5 Å². The summed E-state index contributed by atoms with van der Waals surface area (Å²) in [6, 6.07) is 14.3. The molecule has 0 spiro atoms. The first-order chi connectivity index (χ1) is 16.8. The summed E-state index contributed by atoms with van der Waals surface area (Å²) in [4.78, 5) is 17.2. The molecule has 34 heavy (non-hydrogen) atoms. The molecule has 1 heterocycles. The summed E-state index contributed by atoms with van der Waals surface area (Å²) in [5.41, 5.74) is 1.82.